The van der Waals surface area contributed by atoms with Crippen molar-refractivity contribution >= 4 is 25.0 Å². The molecule has 0 bridgehead atoms. The SMILES string of the molecule is CC1(C)Oc2ncnc(N)c2N=C1C1=CC=C(C2COP(=O)(O)OC2)CC=C1. The molecule has 0 unspecified atom stereocenters. The first-order chi connectivity index (χ1) is 13.3. The van der Waals surface area contributed by atoms with Gasteiger partial charge in [-0.2, -0.15) is 4.98 Å². The van der Waals surface area contributed by atoms with Gasteiger partial charge >= 0.3 is 7.82 Å². The maximum atomic E-state index is 11.4. The summed E-state index contributed by atoms with van der Waals surface area (Å²) in [5.74, 6) is 0.537. The van der Waals surface area contributed by atoms with E-state index in [9.17, 15) is 9.46 Å². The number of phosphoric ester groups is 1. The lowest BCUT2D eigenvalue weighted by atomic mass is 9.93. The third-order valence-electron chi connectivity index (χ3n) is 4.77. The summed E-state index contributed by atoms with van der Waals surface area (Å²) in [6.45, 7) is 4.12. The van der Waals surface area contributed by atoms with Gasteiger partial charge in [0.15, 0.2) is 11.5 Å². The smallest absolute Gasteiger partial charge is 0.463 e. The van der Waals surface area contributed by atoms with Gasteiger partial charge in [0.2, 0.25) is 5.88 Å². The van der Waals surface area contributed by atoms with Gasteiger partial charge in [-0.15, -0.1) is 0 Å². The number of fused-ring (bicyclic) bond motifs is 1. The summed E-state index contributed by atoms with van der Waals surface area (Å²) in [7, 11) is -3.89. The van der Waals surface area contributed by atoms with E-state index in [4.69, 9.17) is 24.5 Å². The van der Waals surface area contributed by atoms with Gasteiger partial charge in [-0.25, -0.2) is 14.5 Å². The molecule has 1 saturated heterocycles. The maximum absolute atomic E-state index is 11.4. The van der Waals surface area contributed by atoms with E-state index < -0.39 is 13.4 Å². The van der Waals surface area contributed by atoms with Crippen molar-refractivity contribution in [2.75, 3.05) is 18.9 Å². The fourth-order valence-corrected chi connectivity index (χ4v) is 4.09. The fourth-order valence-electron chi connectivity index (χ4n) is 3.27. The van der Waals surface area contributed by atoms with Gasteiger partial charge in [-0.05, 0) is 25.8 Å². The second-order valence-corrected chi connectivity index (χ2v) is 8.67. The Morgan fingerprint density at radius 1 is 1.25 bits per heavy atom. The summed E-state index contributed by atoms with van der Waals surface area (Å²) in [5.41, 5.74) is 8.29. The summed E-state index contributed by atoms with van der Waals surface area (Å²) in [5, 5.41) is 0. The van der Waals surface area contributed by atoms with Crippen LogP contribution in [0.5, 0.6) is 5.88 Å². The van der Waals surface area contributed by atoms with Gasteiger partial charge in [-0.1, -0.05) is 29.9 Å². The Balaban J connectivity index is 1.65. The number of nitrogens with zero attached hydrogens (tertiary/aromatic N) is 3. The number of anilines is 1. The van der Waals surface area contributed by atoms with Crippen LogP contribution in [0.15, 0.2) is 46.8 Å². The highest BCUT2D eigenvalue weighted by Gasteiger charge is 2.36. The first kappa shape index (κ1) is 19.0. The standard InChI is InChI=1S/C18H21N4O5P/c1-18(2)15(22-14-16(19)20-10-21-17(14)27-18)12-5-3-4-11(6-7-12)13-8-25-28(23,24)26-9-13/h3,5-7,10,13H,4,8-9H2,1-2H3,(H,23,24)(H2,19,20,21). The van der Waals surface area contributed by atoms with Gasteiger partial charge in [-0.3, -0.25) is 9.05 Å². The average molecular weight is 404 g/mol. The highest BCUT2D eigenvalue weighted by atomic mass is 31.2. The zero-order chi connectivity index (χ0) is 19.9. The number of phosphoric acid groups is 1. The van der Waals surface area contributed by atoms with Crippen LogP contribution in [0.1, 0.15) is 20.3 Å². The van der Waals surface area contributed by atoms with Crippen molar-refractivity contribution in [3.8, 4) is 5.88 Å². The molecule has 4 rings (SSSR count). The summed E-state index contributed by atoms with van der Waals surface area (Å²) in [6.07, 6.45) is 9.92. The molecule has 0 aromatic carbocycles. The lowest BCUT2D eigenvalue weighted by Crippen LogP contribution is -2.41. The third kappa shape index (κ3) is 3.66. The number of rotatable bonds is 2. The average Bonchev–Trinajstić information content (AvgIpc) is 2.87. The summed E-state index contributed by atoms with van der Waals surface area (Å²) < 4.78 is 27.3. The van der Waals surface area contributed by atoms with Crippen LogP contribution in [0.2, 0.25) is 0 Å². The molecule has 1 aromatic heterocycles. The van der Waals surface area contributed by atoms with Crippen molar-refractivity contribution in [3.05, 3.63) is 41.8 Å². The number of aromatic nitrogens is 2. The summed E-state index contributed by atoms with van der Waals surface area (Å²) in [4.78, 5) is 22.1. The van der Waals surface area contributed by atoms with E-state index in [0.29, 0.717) is 23.7 Å². The second-order valence-electron chi connectivity index (χ2n) is 7.21. The van der Waals surface area contributed by atoms with Crippen LogP contribution in [0, 0.1) is 5.92 Å². The van der Waals surface area contributed by atoms with Crippen LogP contribution in [-0.4, -0.2) is 39.4 Å². The molecule has 28 heavy (non-hydrogen) atoms. The Bertz CT molecular complexity index is 970. The van der Waals surface area contributed by atoms with Gasteiger partial charge in [0.25, 0.3) is 0 Å². The number of ether oxygens (including phenoxy) is 1. The molecule has 2 aliphatic heterocycles. The maximum Gasteiger partial charge on any atom is 0.472 e. The Morgan fingerprint density at radius 2 is 2.00 bits per heavy atom. The van der Waals surface area contributed by atoms with Crippen molar-refractivity contribution in [1.29, 1.82) is 0 Å². The van der Waals surface area contributed by atoms with E-state index >= 15 is 0 Å². The molecule has 9 nitrogen and oxygen atoms in total. The number of aliphatic imine (C=N–C) groups is 1. The monoisotopic (exact) mass is 404 g/mol. The Kier molecular flexibility index (Phi) is 4.71. The molecule has 3 N–H and O–H groups in total. The minimum atomic E-state index is -3.89. The number of allylic oxidation sites excluding steroid dienone is 4. The Labute approximate surface area is 162 Å². The molecule has 0 spiro atoms. The molecule has 0 radical (unpaired) electrons. The lowest BCUT2D eigenvalue weighted by molar-refractivity contribution is 0.0705. The molecular weight excluding hydrogens is 383 g/mol. The summed E-state index contributed by atoms with van der Waals surface area (Å²) in [6, 6.07) is 0. The number of nitrogen functional groups attached to an aromatic ring is 1. The van der Waals surface area contributed by atoms with Crippen LogP contribution < -0.4 is 10.5 Å². The first-order valence-electron chi connectivity index (χ1n) is 8.83. The molecule has 148 valence electrons. The predicted molar refractivity (Wildman–Crippen MR) is 103 cm³/mol. The molecule has 10 heteroatoms. The second kappa shape index (κ2) is 6.93. The van der Waals surface area contributed by atoms with Gasteiger partial charge in [0.1, 0.15) is 11.9 Å². The number of hydrogen-bond acceptors (Lipinski definition) is 8. The molecule has 1 fully saturated rings. The topological polar surface area (TPSA) is 129 Å². The predicted octanol–water partition coefficient (Wildman–Crippen LogP) is 2.88. The van der Waals surface area contributed by atoms with Crippen LogP contribution in [0.4, 0.5) is 11.5 Å². The van der Waals surface area contributed by atoms with Crippen LogP contribution in [-0.2, 0) is 13.6 Å². The normalized spacial score (nSPS) is 29.0. The van der Waals surface area contributed by atoms with Crippen LogP contribution in [0.25, 0.3) is 0 Å². The quantitative estimate of drug-likeness (QED) is 0.720. The van der Waals surface area contributed by atoms with Gasteiger partial charge < -0.3 is 15.4 Å². The van der Waals surface area contributed by atoms with E-state index in [0.717, 1.165) is 11.1 Å². The van der Waals surface area contributed by atoms with E-state index in [1.54, 1.807) is 0 Å². The van der Waals surface area contributed by atoms with Gasteiger partial charge in [0.05, 0.1) is 18.9 Å². The minimum absolute atomic E-state index is 0.0863. The molecule has 3 heterocycles. The van der Waals surface area contributed by atoms with Crippen molar-refractivity contribution in [2.45, 2.75) is 25.9 Å². The van der Waals surface area contributed by atoms with Crippen LogP contribution in [0.3, 0.4) is 0 Å². The molecule has 0 saturated carbocycles. The zero-order valence-electron chi connectivity index (χ0n) is 15.5. The number of hydrogen-bond donors (Lipinski definition) is 2. The highest BCUT2D eigenvalue weighted by Crippen LogP contribution is 2.48. The molecule has 1 aliphatic carbocycles. The van der Waals surface area contributed by atoms with E-state index in [1.165, 1.54) is 6.33 Å². The first-order valence-corrected chi connectivity index (χ1v) is 10.3. The van der Waals surface area contributed by atoms with E-state index in [2.05, 4.69) is 9.97 Å². The number of nitrogens with two attached hydrogens (primary N) is 1. The molecular formula is C18H21N4O5P. The fraction of sp³-hybridized carbons (Fsp3) is 0.389. The largest absolute Gasteiger partial charge is 0.472 e. The Hall–Kier alpha value is -2.32. The van der Waals surface area contributed by atoms with Crippen molar-refractivity contribution in [3.63, 3.8) is 0 Å². The van der Waals surface area contributed by atoms with E-state index in [-0.39, 0.29) is 24.9 Å². The van der Waals surface area contributed by atoms with Gasteiger partial charge in [0, 0.05) is 5.92 Å². The minimum Gasteiger partial charge on any atom is -0.463 e. The molecule has 1 aromatic rings. The highest BCUT2D eigenvalue weighted by molar-refractivity contribution is 7.47. The van der Waals surface area contributed by atoms with Crippen LogP contribution >= 0.6 is 7.82 Å². The van der Waals surface area contributed by atoms with Crippen molar-refractivity contribution in [2.24, 2.45) is 10.9 Å². The molecule has 3 aliphatic rings. The third-order valence-corrected chi connectivity index (χ3v) is 5.72. The molecule has 0 atom stereocenters. The zero-order valence-corrected chi connectivity index (χ0v) is 16.4. The summed E-state index contributed by atoms with van der Waals surface area (Å²) >= 11 is 0. The Morgan fingerprint density at radius 3 is 2.75 bits per heavy atom. The lowest BCUT2D eigenvalue weighted by Gasteiger charge is -2.32. The van der Waals surface area contributed by atoms with Crippen molar-refractivity contribution < 1.29 is 23.2 Å². The molecule has 0 amide bonds. The van der Waals surface area contributed by atoms with E-state index in [1.807, 2.05) is 38.2 Å². The van der Waals surface area contributed by atoms with Crippen molar-refractivity contribution in [1.82, 2.24) is 9.97 Å².